The molecule has 3 rings (SSSR count). The van der Waals surface area contributed by atoms with Crippen LogP contribution in [0.4, 0.5) is 11.4 Å². The Balaban J connectivity index is 1.56. The molecule has 1 heterocycles. The van der Waals surface area contributed by atoms with Crippen molar-refractivity contribution in [1.82, 2.24) is 0 Å². The van der Waals surface area contributed by atoms with Crippen LogP contribution in [0, 0.1) is 12.8 Å². The van der Waals surface area contributed by atoms with E-state index in [9.17, 15) is 14.4 Å². The van der Waals surface area contributed by atoms with E-state index in [0.29, 0.717) is 10.7 Å². The first kappa shape index (κ1) is 20.9. The lowest BCUT2D eigenvalue weighted by atomic mass is 10.1. The SMILES string of the molecule is CCc1ccccc1N1C[C@H](C(=O)OCC(=O)Nc2ccc(C)cc2Cl)CC1=O. The number of hydrogen-bond donors (Lipinski definition) is 1. The van der Waals surface area contributed by atoms with Crippen molar-refractivity contribution < 1.29 is 19.1 Å². The number of aryl methyl sites for hydroxylation is 2. The van der Waals surface area contributed by atoms with Gasteiger partial charge in [-0.05, 0) is 42.7 Å². The maximum Gasteiger partial charge on any atom is 0.311 e. The van der Waals surface area contributed by atoms with Gasteiger partial charge in [-0.3, -0.25) is 14.4 Å². The molecule has 1 saturated heterocycles. The highest BCUT2D eigenvalue weighted by Crippen LogP contribution is 2.29. The maximum absolute atomic E-state index is 12.4. The number of carbonyl (C=O) groups excluding carboxylic acids is 3. The predicted molar refractivity (Wildman–Crippen MR) is 112 cm³/mol. The summed E-state index contributed by atoms with van der Waals surface area (Å²) in [4.78, 5) is 38.5. The van der Waals surface area contributed by atoms with Crippen LogP contribution in [0.5, 0.6) is 0 Å². The van der Waals surface area contributed by atoms with E-state index in [1.54, 1.807) is 17.0 Å². The van der Waals surface area contributed by atoms with Crippen LogP contribution >= 0.6 is 11.6 Å². The molecule has 2 aromatic carbocycles. The molecule has 0 radical (unpaired) electrons. The molecule has 0 aliphatic carbocycles. The summed E-state index contributed by atoms with van der Waals surface area (Å²) in [5.74, 6) is -1.76. The molecule has 2 amide bonds. The molecule has 7 heteroatoms. The third-order valence-electron chi connectivity index (χ3n) is 4.87. The number of benzene rings is 2. The molecular weight excluding hydrogens is 392 g/mol. The van der Waals surface area contributed by atoms with Gasteiger partial charge < -0.3 is 15.0 Å². The lowest BCUT2D eigenvalue weighted by Crippen LogP contribution is -2.28. The molecule has 6 nitrogen and oxygen atoms in total. The molecule has 0 unspecified atom stereocenters. The topological polar surface area (TPSA) is 75.7 Å². The Morgan fingerprint density at radius 3 is 2.72 bits per heavy atom. The van der Waals surface area contributed by atoms with E-state index >= 15 is 0 Å². The molecule has 29 heavy (non-hydrogen) atoms. The highest BCUT2D eigenvalue weighted by molar-refractivity contribution is 6.33. The van der Waals surface area contributed by atoms with Gasteiger partial charge in [-0.25, -0.2) is 0 Å². The quantitative estimate of drug-likeness (QED) is 0.730. The molecule has 152 valence electrons. The van der Waals surface area contributed by atoms with Gasteiger partial charge in [0.2, 0.25) is 5.91 Å². The monoisotopic (exact) mass is 414 g/mol. The Morgan fingerprint density at radius 1 is 1.24 bits per heavy atom. The van der Waals surface area contributed by atoms with Crippen molar-refractivity contribution in [2.75, 3.05) is 23.4 Å². The van der Waals surface area contributed by atoms with Crippen LogP contribution in [0.25, 0.3) is 0 Å². The van der Waals surface area contributed by atoms with Gasteiger partial charge in [0.05, 0.1) is 16.6 Å². The summed E-state index contributed by atoms with van der Waals surface area (Å²) in [6, 6.07) is 12.9. The van der Waals surface area contributed by atoms with Crippen LogP contribution in [0.2, 0.25) is 5.02 Å². The second-order valence-corrected chi connectivity index (χ2v) is 7.43. The number of hydrogen-bond acceptors (Lipinski definition) is 4. The van der Waals surface area contributed by atoms with E-state index in [-0.39, 0.29) is 18.9 Å². The number of ether oxygens (including phenoxy) is 1. The van der Waals surface area contributed by atoms with E-state index < -0.39 is 24.4 Å². The summed E-state index contributed by atoms with van der Waals surface area (Å²) in [5.41, 5.74) is 3.29. The van der Waals surface area contributed by atoms with Crippen molar-refractivity contribution in [3.05, 3.63) is 58.6 Å². The lowest BCUT2D eigenvalue weighted by molar-refractivity contribution is -0.151. The summed E-state index contributed by atoms with van der Waals surface area (Å²) in [6.07, 6.45) is 0.860. The fourth-order valence-electron chi connectivity index (χ4n) is 3.33. The van der Waals surface area contributed by atoms with Crippen molar-refractivity contribution in [2.45, 2.75) is 26.7 Å². The Morgan fingerprint density at radius 2 is 2.00 bits per heavy atom. The number of amides is 2. The first-order chi connectivity index (χ1) is 13.9. The zero-order valence-electron chi connectivity index (χ0n) is 16.4. The number of para-hydroxylation sites is 1. The van der Waals surface area contributed by atoms with Crippen molar-refractivity contribution in [3.63, 3.8) is 0 Å². The van der Waals surface area contributed by atoms with Gasteiger partial charge in [-0.2, -0.15) is 0 Å². The Labute approximate surface area is 174 Å². The number of rotatable bonds is 6. The molecule has 0 aromatic heterocycles. The van der Waals surface area contributed by atoms with E-state index in [2.05, 4.69) is 5.32 Å². The highest BCUT2D eigenvalue weighted by Gasteiger charge is 2.37. The van der Waals surface area contributed by atoms with Gasteiger partial charge in [-0.15, -0.1) is 0 Å². The molecule has 1 aliphatic rings. The number of esters is 1. The molecule has 0 bridgehead atoms. The van der Waals surface area contributed by atoms with E-state index in [1.807, 2.05) is 44.2 Å². The second-order valence-electron chi connectivity index (χ2n) is 7.03. The number of halogens is 1. The average Bonchev–Trinajstić information content (AvgIpc) is 3.09. The van der Waals surface area contributed by atoms with Crippen molar-refractivity contribution in [3.8, 4) is 0 Å². The van der Waals surface area contributed by atoms with Crippen LogP contribution < -0.4 is 10.2 Å². The first-order valence-electron chi connectivity index (χ1n) is 9.50. The second kappa shape index (κ2) is 9.09. The van der Waals surface area contributed by atoms with Gasteiger partial charge in [0.15, 0.2) is 6.61 Å². The number of anilines is 2. The van der Waals surface area contributed by atoms with Gasteiger partial charge in [0, 0.05) is 18.7 Å². The fraction of sp³-hybridized carbons (Fsp3) is 0.318. The molecule has 0 spiro atoms. The lowest BCUT2D eigenvalue weighted by Gasteiger charge is -2.19. The van der Waals surface area contributed by atoms with E-state index in [4.69, 9.17) is 16.3 Å². The molecule has 1 N–H and O–H groups in total. The summed E-state index contributed by atoms with van der Waals surface area (Å²) >= 11 is 6.09. The Kier molecular flexibility index (Phi) is 6.54. The summed E-state index contributed by atoms with van der Waals surface area (Å²) in [6.45, 7) is 3.73. The summed E-state index contributed by atoms with van der Waals surface area (Å²) < 4.78 is 5.14. The van der Waals surface area contributed by atoms with Crippen molar-refractivity contribution in [1.29, 1.82) is 0 Å². The minimum atomic E-state index is -0.594. The minimum absolute atomic E-state index is 0.0717. The van der Waals surface area contributed by atoms with Gasteiger partial charge in [0.1, 0.15) is 0 Å². The number of nitrogens with one attached hydrogen (secondary N) is 1. The Hall–Kier alpha value is -2.86. The molecule has 2 aromatic rings. The Bertz CT molecular complexity index is 944. The first-order valence-corrected chi connectivity index (χ1v) is 9.87. The maximum atomic E-state index is 12.4. The highest BCUT2D eigenvalue weighted by atomic mass is 35.5. The average molecular weight is 415 g/mol. The standard InChI is InChI=1S/C22H23ClN2O4/c1-3-15-6-4-5-7-19(15)25-12-16(11-21(25)27)22(28)29-13-20(26)24-18-9-8-14(2)10-17(18)23/h4-10,16H,3,11-13H2,1-2H3,(H,24,26)/t16-/m1/s1. The fourth-order valence-corrected chi connectivity index (χ4v) is 3.62. The normalized spacial score (nSPS) is 16.0. The van der Waals surface area contributed by atoms with Crippen molar-refractivity contribution >= 4 is 40.8 Å². The number of nitrogens with zero attached hydrogens (tertiary/aromatic N) is 1. The minimum Gasteiger partial charge on any atom is -0.455 e. The molecule has 1 fully saturated rings. The van der Waals surface area contributed by atoms with Gasteiger partial charge >= 0.3 is 5.97 Å². The summed E-state index contributed by atoms with van der Waals surface area (Å²) in [5, 5.41) is 3.03. The van der Waals surface area contributed by atoms with Gasteiger partial charge in [-0.1, -0.05) is 42.8 Å². The molecule has 0 saturated carbocycles. The summed E-state index contributed by atoms with van der Waals surface area (Å²) in [7, 11) is 0. The van der Waals surface area contributed by atoms with E-state index in [0.717, 1.165) is 23.2 Å². The number of carbonyl (C=O) groups is 3. The molecule has 1 aliphatic heterocycles. The van der Waals surface area contributed by atoms with Crippen molar-refractivity contribution in [2.24, 2.45) is 5.92 Å². The van der Waals surface area contributed by atoms with Crippen LogP contribution in [0.3, 0.4) is 0 Å². The van der Waals surface area contributed by atoms with E-state index in [1.165, 1.54) is 0 Å². The van der Waals surface area contributed by atoms with Crippen LogP contribution in [-0.4, -0.2) is 30.9 Å². The van der Waals surface area contributed by atoms with Crippen LogP contribution in [-0.2, 0) is 25.5 Å². The van der Waals surface area contributed by atoms with Crippen LogP contribution in [0.15, 0.2) is 42.5 Å². The largest absolute Gasteiger partial charge is 0.455 e. The smallest absolute Gasteiger partial charge is 0.311 e. The molecule has 1 atom stereocenters. The zero-order chi connectivity index (χ0) is 21.0. The third-order valence-corrected chi connectivity index (χ3v) is 5.18. The molecular formula is C22H23ClN2O4. The van der Waals surface area contributed by atoms with Gasteiger partial charge in [0.25, 0.3) is 5.91 Å². The third kappa shape index (κ3) is 4.95. The zero-order valence-corrected chi connectivity index (χ0v) is 17.2. The van der Waals surface area contributed by atoms with Crippen LogP contribution in [0.1, 0.15) is 24.5 Å². The predicted octanol–water partition coefficient (Wildman–Crippen LogP) is 3.75.